The van der Waals surface area contributed by atoms with Gasteiger partial charge in [0.1, 0.15) is 0 Å². The van der Waals surface area contributed by atoms with Crippen molar-refractivity contribution in [3.05, 3.63) is 31.8 Å². The van der Waals surface area contributed by atoms with E-state index in [2.05, 4.69) is 24.9 Å². The Balaban J connectivity index is 2.04. The molecule has 5 nitrogen and oxygen atoms in total. The second-order valence-electron chi connectivity index (χ2n) is 3.22. The number of hydrogen-bond acceptors (Lipinski definition) is 4. The van der Waals surface area contributed by atoms with Gasteiger partial charge in [0.25, 0.3) is 0 Å². The van der Waals surface area contributed by atoms with E-state index in [1.54, 1.807) is 0 Å². The van der Waals surface area contributed by atoms with Crippen LogP contribution in [0.1, 0.15) is 0 Å². The number of nitrogens with one attached hydrogen (secondary N) is 1. The molecule has 1 N–H and O–H groups in total. The van der Waals surface area contributed by atoms with Crippen molar-refractivity contribution in [1.29, 1.82) is 0 Å². The molecular formula is C9H6F4IN4O-. The molecule has 2 aromatic heterocycles. The summed E-state index contributed by atoms with van der Waals surface area (Å²) in [6, 6.07) is 1.09. The molecule has 0 fully saturated rings. The standard InChI is InChI=1S/C9H6F4IN4O/c10-6-1-5(14-8-16-4-17-18-8)2-15-7(6)19-3-9(11,12)13/h1-2,4H,3H2,(H,16,17,18)/q-1. The molecule has 10 heteroatoms. The number of H-pyrrole nitrogens is 1. The van der Waals surface area contributed by atoms with E-state index in [-0.39, 0.29) is 0 Å². The predicted molar refractivity (Wildman–Crippen MR) is 49.5 cm³/mol. The van der Waals surface area contributed by atoms with E-state index in [1.165, 1.54) is 12.5 Å². The molecule has 0 aromatic carbocycles. The molecular weight excluding hydrogens is 383 g/mol. The van der Waals surface area contributed by atoms with Crippen LogP contribution in [0.3, 0.4) is 0 Å². The van der Waals surface area contributed by atoms with Gasteiger partial charge < -0.3 is 0 Å². The Morgan fingerprint density at radius 2 is 2.11 bits per heavy atom. The molecule has 0 aliphatic rings. The van der Waals surface area contributed by atoms with E-state index in [1.807, 2.05) is 0 Å². The van der Waals surface area contributed by atoms with Crippen molar-refractivity contribution in [2.24, 2.45) is 0 Å². The maximum atomic E-state index is 13.5. The number of ether oxygens (including phenoxy) is 1. The second kappa shape index (κ2) is 5.67. The Labute approximate surface area is 114 Å². The Morgan fingerprint density at radius 3 is 2.68 bits per heavy atom. The van der Waals surface area contributed by atoms with Gasteiger partial charge >= 0.3 is 114 Å². The molecule has 0 aliphatic heterocycles. The molecule has 19 heavy (non-hydrogen) atoms. The van der Waals surface area contributed by atoms with Crippen LogP contribution in [0.4, 0.5) is 17.6 Å². The summed E-state index contributed by atoms with van der Waals surface area (Å²) in [5.41, 5.74) is 0. The fourth-order valence-corrected chi connectivity index (χ4v) is 2.87. The summed E-state index contributed by atoms with van der Waals surface area (Å²) in [5.74, 6) is -1.59. The molecule has 2 aromatic rings. The van der Waals surface area contributed by atoms with Crippen molar-refractivity contribution >= 4 is 0 Å². The fraction of sp³-hybridized carbons (Fsp3) is 0.222. The summed E-state index contributed by atoms with van der Waals surface area (Å²) >= 11 is -0.806. The first-order valence-electron chi connectivity index (χ1n) is 4.79. The first kappa shape index (κ1) is 14.0. The molecule has 2 rings (SSSR count). The van der Waals surface area contributed by atoms with Gasteiger partial charge in [-0.05, 0) is 0 Å². The first-order valence-corrected chi connectivity index (χ1v) is 6.95. The van der Waals surface area contributed by atoms with Gasteiger partial charge in [0.15, 0.2) is 0 Å². The Kier molecular flexibility index (Phi) is 4.17. The van der Waals surface area contributed by atoms with Crippen LogP contribution in [0.5, 0.6) is 5.88 Å². The molecule has 0 saturated heterocycles. The van der Waals surface area contributed by atoms with Gasteiger partial charge in [-0.3, -0.25) is 0 Å². The van der Waals surface area contributed by atoms with Gasteiger partial charge in [-0.1, -0.05) is 0 Å². The minimum atomic E-state index is -4.53. The first-order chi connectivity index (χ1) is 8.94. The summed E-state index contributed by atoms with van der Waals surface area (Å²) in [5, 5.41) is 6.26. The number of rotatable bonds is 4. The van der Waals surface area contributed by atoms with Crippen molar-refractivity contribution in [2.75, 3.05) is 6.61 Å². The van der Waals surface area contributed by atoms with E-state index in [9.17, 15) is 17.6 Å². The molecule has 2 heterocycles. The monoisotopic (exact) mass is 389 g/mol. The molecule has 0 atom stereocenters. The number of halogens is 5. The molecule has 0 bridgehead atoms. The number of aromatic nitrogens is 4. The minimum absolute atomic E-state index is 0.549. The quantitative estimate of drug-likeness (QED) is 0.506. The van der Waals surface area contributed by atoms with Crippen LogP contribution in [-0.2, 0) is 0 Å². The van der Waals surface area contributed by atoms with Crippen LogP contribution in [0.25, 0.3) is 0 Å². The molecule has 0 saturated carbocycles. The Bertz CT molecular complexity index is 546. The molecule has 0 unspecified atom stereocenters. The van der Waals surface area contributed by atoms with Crippen LogP contribution in [0.2, 0.25) is 0 Å². The van der Waals surface area contributed by atoms with Gasteiger partial charge in [0.2, 0.25) is 0 Å². The van der Waals surface area contributed by atoms with Crippen molar-refractivity contribution < 1.29 is 43.5 Å². The van der Waals surface area contributed by atoms with Gasteiger partial charge in [0.05, 0.1) is 0 Å². The number of nitrogens with zero attached hydrogens (tertiary/aromatic N) is 3. The third-order valence-corrected chi connectivity index (χ3v) is 3.97. The maximum absolute atomic E-state index is 13.5. The zero-order valence-electron chi connectivity index (χ0n) is 9.08. The SMILES string of the molecule is Fc1cc([I-]c2ncn[nH]2)cnc1OCC(F)(F)F. The normalized spacial score (nSPS) is 11.8. The van der Waals surface area contributed by atoms with E-state index in [4.69, 9.17) is 0 Å². The topological polar surface area (TPSA) is 63.7 Å². The van der Waals surface area contributed by atoms with Crippen molar-refractivity contribution in [3.63, 3.8) is 0 Å². The van der Waals surface area contributed by atoms with E-state index >= 15 is 0 Å². The summed E-state index contributed by atoms with van der Waals surface area (Å²) in [7, 11) is 0. The zero-order chi connectivity index (χ0) is 13.9. The van der Waals surface area contributed by atoms with Crippen LogP contribution >= 0.6 is 0 Å². The molecule has 104 valence electrons. The summed E-state index contributed by atoms with van der Waals surface area (Å²) < 4.78 is 54.6. The zero-order valence-corrected chi connectivity index (χ0v) is 11.2. The van der Waals surface area contributed by atoms with Crippen LogP contribution in [0.15, 0.2) is 18.6 Å². The van der Waals surface area contributed by atoms with E-state index < -0.39 is 45.7 Å². The Morgan fingerprint density at radius 1 is 1.32 bits per heavy atom. The number of pyridine rings is 1. The Hall–Kier alpha value is -1.46. The average Bonchev–Trinajstić information content (AvgIpc) is 2.79. The van der Waals surface area contributed by atoms with E-state index in [0.717, 1.165) is 6.07 Å². The third-order valence-electron chi connectivity index (χ3n) is 1.73. The summed E-state index contributed by atoms with van der Waals surface area (Å²) in [6.45, 7) is -1.58. The molecule has 0 radical (unpaired) electrons. The molecule has 0 amide bonds. The number of hydrogen-bond donors (Lipinski definition) is 1. The van der Waals surface area contributed by atoms with Gasteiger partial charge in [0, 0.05) is 0 Å². The predicted octanol–water partition coefficient (Wildman–Crippen LogP) is -1.59. The molecule has 0 spiro atoms. The number of aromatic amines is 1. The van der Waals surface area contributed by atoms with E-state index in [0.29, 0.717) is 7.40 Å². The fourth-order valence-electron chi connectivity index (χ4n) is 1.05. The van der Waals surface area contributed by atoms with Crippen LogP contribution < -0.4 is 25.9 Å². The van der Waals surface area contributed by atoms with Crippen molar-refractivity contribution in [2.45, 2.75) is 6.18 Å². The van der Waals surface area contributed by atoms with Crippen molar-refractivity contribution in [1.82, 2.24) is 20.2 Å². The van der Waals surface area contributed by atoms with Crippen molar-refractivity contribution in [3.8, 4) is 5.88 Å². The van der Waals surface area contributed by atoms with Gasteiger partial charge in [-0.15, -0.1) is 0 Å². The second-order valence-corrected chi connectivity index (χ2v) is 6.02. The van der Waals surface area contributed by atoms with Gasteiger partial charge in [-0.2, -0.15) is 0 Å². The number of alkyl halides is 3. The van der Waals surface area contributed by atoms with Crippen LogP contribution in [0, 0.1) is 13.2 Å². The van der Waals surface area contributed by atoms with Gasteiger partial charge in [-0.25, -0.2) is 0 Å². The summed E-state index contributed by atoms with van der Waals surface area (Å²) in [6.07, 6.45) is -1.94. The average molecular weight is 389 g/mol. The van der Waals surface area contributed by atoms with Crippen LogP contribution in [-0.4, -0.2) is 32.9 Å². The summed E-state index contributed by atoms with van der Waals surface area (Å²) in [4.78, 5) is 7.41. The molecule has 0 aliphatic carbocycles. The third kappa shape index (κ3) is 4.29.